The van der Waals surface area contributed by atoms with E-state index in [0.29, 0.717) is 13.2 Å². The number of carbonyl (C=O) groups excluding carboxylic acids is 2. The number of nitrogens with two attached hydrogens (primary N) is 1. The number of amides is 2. The predicted molar refractivity (Wildman–Crippen MR) is 58.4 cm³/mol. The van der Waals surface area contributed by atoms with Gasteiger partial charge < -0.3 is 15.8 Å². The number of aromatic nitrogens is 2. The first-order valence-electron chi connectivity index (χ1n) is 5.30. The molecule has 0 bridgehead atoms. The Morgan fingerprint density at radius 2 is 2.41 bits per heavy atom. The highest BCUT2D eigenvalue weighted by atomic mass is 16.5. The molecule has 0 spiro atoms. The van der Waals surface area contributed by atoms with Gasteiger partial charge in [0.25, 0.3) is 11.8 Å². The summed E-state index contributed by atoms with van der Waals surface area (Å²) in [5.41, 5.74) is 5.49. The molecule has 7 nitrogen and oxygen atoms in total. The molecule has 0 aromatic carbocycles. The van der Waals surface area contributed by atoms with Crippen molar-refractivity contribution in [2.75, 3.05) is 13.2 Å². The zero-order chi connectivity index (χ0) is 12.4. The van der Waals surface area contributed by atoms with Crippen LogP contribution in [-0.2, 0) is 11.8 Å². The number of aryl methyl sites for hydroxylation is 1. The van der Waals surface area contributed by atoms with Crippen LogP contribution in [0.4, 0.5) is 0 Å². The minimum atomic E-state index is -0.661. The Labute approximate surface area is 97.9 Å². The molecule has 2 heterocycles. The molecular weight excluding hydrogens is 224 g/mol. The van der Waals surface area contributed by atoms with Gasteiger partial charge in [-0.05, 0) is 6.42 Å². The van der Waals surface area contributed by atoms with Crippen molar-refractivity contribution in [1.29, 1.82) is 0 Å². The minimum Gasteiger partial charge on any atom is -0.379 e. The highest BCUT2D eigenvalue weighted by Crippen LogP contribution is 2.09. The molecule has 1 aliphatic heterocycles. The summed E-state index contributed by atoms with van der Waals surface area (Å²) >= 11 is 0. The smallest absolute Gasteiger partial charge is 0.270 e. The summed E-state index contributed by atoms with van der Waals surface area (Å²) in [6.07, 6.45) is 2.07. The van der Waals surface area contributed by atoms with Crippen LogP contribution in [0.2, 0.25) is 0 Å². The summed E-state index contributed by atoms with van der Waals surface area (Å²) in [6, 6.07) is -0.0156. The van der Waals surface area contributed by atoms with Crippen LogP contribution in [0.15, 0.2) is 6.20 Å². The van der Waals surface area contributed by atoms with Gasteiger partial charge in [0.05, 0.1) is 24.4 Å². The van der Waals surface area contributed by atoms with Crippen molar-refractivity contribution in [2.45, 2.75) is 12.5 Å². The molecule has 0 saturated carbocycles. The first-order chi connectivity index (χ1) is 8.09. The summed E-state index contributed by atoms with van der Waals surface area (Å²) in [5, 5.41) is 6.64. The van der Waals surface area contributed by atoms with E-state index < -0.39 is 5.91 Å². The van der Waals surface area contributed by atoms with E-state index in [0.717, 1.165) is 6.42 Å². The lowest BCUT2D eigenvalue weighted by Gasteiger charge is -2.11. The molecule has 3 N–H and O–H groups in total. The average molecular weight is 238 g/mol. The fourth-order valence-electron chi connectivity index (χ4n) is 1.79. The van der Waals surface area contributed by atoms with Gasteiger partial charge in [-0.15, -0.1) is 0 Å². The number of ether oxygens (including phenoxy) is 1. The fourth-order valence-corrected chi connectivity index (χ4v) is 1.79. The fraction of sp³-hybridized carbons (Fsp3) is 0.500. The van der Waals surface area contributed by atoms with Gasteiger partial charge in [0.2, 0.25) is 0 Å². The minimum absolute atomic E-state index is 0.0156. The maximum absolute atomic E-state index is 12.0. The summed E-state index contributed by atoms with van der Waals surface area (Å²) in [6.45, 7) is 1.13. The van der Waals surface area contributed by atoms with E-state index in [4.69, 9.17) is 10.5 Å². The van der Waals surface area contributed by atoms with Crippen molar-refractivity contribution in [3.05, 3.63) is 17.5 Å². The first-order valence-corrected chi connectivity index (χ1v) is 5.30. The van der Waals surface area contributed by atoms with Gasteiger partial charge in [-0.1, -0.05) is 0 Å². The van der Waals surface area contributed by atoms with Gasteiger partial charge in [0, 0.05) is 13.7 Å². The third-order valence-corrected chi connectivity index (χ3v) is 2.68. The van der Waals surface area contributed by atoms with E-state index in [1.54, 1.807) is 7.05 Å². The second-order valence-electron chi connectivity index (χ2n) is 3.93. The Morgan fingerprint density at radius 1 is 1.65 bits per heavy atom. The third-order valence-electron chi connectivity index (χ3n) is 2.68. The quantitative estimate of drug-likeness (QED) is 0.708. The van der Waals surface area contributed by atoms with E-state index in [2.05, 4.69) is 10.4 Å². The molecule has 92 valence electrons. The van der Waals surface area contributed by atoms with Crippen molar-refractivity contribution >= 4 is 11.8 Å². The van der Waals surface area contributed by atoms with Crippen LogP contribution in [-0.4, -0.2) is 40.9 Å². The van der Waals surface area contributed by atoms with Crippen LogP contribution < -0.4 is 11.1 Å². The van der Waals surface area contributed by atoms with Crippen molar-refractivity contribution in [3.8, 4) is 0 Å². The van der Waals surface area contributed by atoms with E-state index in [9.17, 15) is 9.59 Å². The summed E-state index contributed by atoms with van der Waals surface area (Å²) < 4.78 is 6.49. The maximum Gasteiger partial charge on any atom is 0.270 e. The average Bonchev–Trinajstić information content (AvgIpc) is 2.86. The van der Waals surface area contributed by atoms with E-state index in [1.165, 1.54) is 10.9 Å². The number of nitrogens with zero attached hydrogens (tertiary/aromatic N) is 2. The van der Waals surface area contributed by atoms with Crippen molar-refractivity contribution in [2.24, 2.45) is 12.8 Å². The standard InChI is InChI=1S/C10H14N4O3/c1-14-8(7(4-12-14)9(11)15)10(16)13-6-2-3-17-5-6/h4,6H,2-3,5H2,1H3,(H2,11,15)(H,13,16)/t6-/m0/s1. The van der Waals surface area contributed by atoms with Crippen LogP contribution >= 0.6 is 0 Å². The predicted octanol–water partition coefficient (Wildman–Crippen LogP) is -0.962. The van der Waals surface area contributed by atoms with Gasteiger partial charge >= 0.3 is 0 Å². The third kappa shape index (κ3) is 2.28. The SMILES string of the molecule is Cn1ncc(C(N)=O)c1C(=O)N[C@H]1CCOC1. The molecule has 2 amide bonds. The number of primary amides is 1. The molecule has 0 unspecified atom stereocenters. The second kappa shape index (κ2) is 4.54. The molecule has 1 aliphatic rings. The number of rotatable bonds is 3. The number of carbonyl (C=O) groups is 2. The molecule has 0 radical (unpaired) electrons. The van der Waals surface area contributed by atoms with Gasteiger partial charge in [0.15, 0.2) is 0 Å². The Morgan fingerprint density at radius 3 is 3.00 bits per heavy atom. The van der Waals surface area contributed by atoms with Crippen molar-refractivity contribution < 1.29 is 14.3 Å². The molecular formula is C10H14N4O3. The van der Waals surface area contributed by atoms with Crippen LogP contribution in [0.3, 0.4) is 0 Å². The van der Waals surface area contributed by atoms with Crippen LogP contribution in [0, 0.1) is 0 Å². The lowest BCUT2D eigenvalue weighted by atomic mass is 10.2. The van der Waals surface area contributed by atoms with Crippen LogP contribution in [0.5, 0.6) is 0 Å². The molecule has 17 heavy (non-hydrogen) atoms. The maximum atomic E-state index is 12.0. The number of hydrogen-bond donors (Lipinski definition) is 2. The lowest BCUT2D eigenvalue weighted by molar-refractivity contribution is 0.0907. The normalized spacial score (nSPS) is 19.2. The van der Waals surface area contributed by atoms with Crippen molar-refractivity contribution in [3.63, 3.8) is 0 Å². The topological polar surface area (TPSA) is 99.2 Å². The van der Waals surface area contributed by atoms with E-state index >= 15 is 0 Å². The lowest BCUT2D eigenvalue weighted by Crippen LogP contribution is -2.37. The van der Waals surface area contributed by atoms with Gasteiger partial charge in [-0.3, -0.25) is 14.3 Å². The molecule has 1 atom stereocenters. The zero-order valence-electron chi connectivity index (χ0n) is 9.47. The Kier molecular flexibility index (Phi) is 3.10. The monoisotopic (exact) mass is 238 g/mol. The molecule has 1 fully saturated rings. The molecule has 1 aromatic heterocycles. The highest BCUT2D eigenvalue weighted by Gasteiger charge is 2.24. The van der Waals surface area contributed by atoms with Gasteiger partial charge in [-0.2, -0.15) is 5.10 Å². The Hall–Kier alpha value is -1.89. The summed E-state index contributed by atoms with van der Waals surface area (Å²) in [7, 11) is 1.59. The molecule has 1 aromatic rings. The molecule has 0 aliphatic carbocycles. The van der Waals surface area contributed by atoms with E-state index in [1.807, 2.05) is 0 Å². The summed E-state index contributed by atoms with van der Waals surface area (Å²) in [4.78, 5) is 23.1. The number of nitrogens with one attached hydrogen (secondary N) is 1. The van der Waals surface area contributed by atoms with E-state index in [-0.39, 0.29) is 23.2 Å². The largest absolute Gasteiger partial charge is 0.379 e. The van der Waals surface area contributed by atoms with Gasteiger partial charge in [-0.25, -0.2) is 0 Å². The highest BCUT2D eigenvalue weighted by molar-refractivity contribution is 6.05. The van der Waals surface area contributed by atoms with Crippen LogP contribution in [0.25, 0.3) is 0 Å². The second-order valence-corrected chi connectivity index (χ2v) is 3.93. The summed E-state index contributed by atoms with van der Waals surface area (Å²) in [5.74, 6) is -1.01. The van der Waals surface area contributed by atoms with Gasteiger partial charge in [0.1, 0.15) is 5.69 Å². The molecule has 7 heteroatoms. The van der Waals surface area contributed by atoms with Crippen molar-refractivity contribution in [1.82, 2.24) is 15.1 Å². The number of hydrogen-bond acceptors (Lipinski definition) is 4. The zero-order valence-corrected chi connectivity index (χ0v) is 9.47. The first kappa shape index (κ1) is 11.6. The van der Waals surface area contributed by atoms with Crippen LogP contribution in [0.1, 0.15) is 27.3 Å². The molecule has 2 rings (SSSR count). The Bertz CT molecular complexity index is 448. The Balaban J connectivity index is 2.17. The molecule has 1 saturated heterocycles.